The topological polar surface area (TPSA) is 93.1 Å². The summed E-state index contributed by atoms with van der Waals surface area (Å²) in [5, 5.41) is 10.8. The van der Waals surface area contributed by atoms with Crippen LogP contribution in [0.4, 0.5) is 5.95 Å². The summed E-state index contributed by atoms with van der Waals surface area (Å²) < 4.78 is 5.68. The molecule has 0 saturated carbocycles. The maximum absolute atomic E-state index is 12.6. The molecule has 8 nitrogen and oxygen atoms in total. The Labute approximate surface area is 169 Å². The van der Waals surface area contributed by atoms with Crippen molar-refractivity contribution in [3.8, 4) is 11.6 Å². The van der Waals surface area contributed by atoms with Crippen LogP contribution in [0, 0.1) is 6.92 Å². The second kappa shape index (κ2) is 8.64. The summed E-state index contributed by atoms with van der Waals surface area (Å²) in [7, 11) is 0. The molecule has 1 aromatic carbocycles. The number of rotatable bonds is 6. The predicted molar refractivity (Wildman–Crippen MR) is 108 cm³/mol. The number of carbonyl (C=O) groups excluding carboxylic acids is 1. The molecule has 3 heterocycles. The van der Waals surface area contributed by atoms with Gasteiger partial charge in [-0.15, -0.1) is 5.10 Å². The average molecular weight is 390 g/mol. The first-order valence-corrected chi connectivity index (χ1v) is 9.61. The summed E-state index contributed by atoms with van der Waals surface area (Å²) in [6.45, 7) is 4.14. The number of aryl methyl sites for hydroxylation is 1. The molecule has 4 rings (SSSR count). The summed E-state index contributed by atoms with van der Waals surface area (Å²) >= 11 is 0. The zero-order chi connectivity index (χ0) is 20.1. The van der Waals surface area contributed by atoms with Gasteiger partial charge in [0.15, 0.2) is 0 Å². The standard InChI is InChI=1S/C21H22N6O2/c1-15-7-8-19(26-25-15)29-18-6-4-5-16(13-18)20(28)23-14-17-9-10-22-21(24-17)27-11-2-3-12-27/h4-10,13H,2-3,11-12,14H2,1H3,(H,23,28). The Morgan fingerprint density at radius 1 is 1.14 bits per heavy atom. The average Bonchev–Trinajstić information content (AvgIpc) is 3.29. The normalized spacial score (nSPS) is 13.3. The second-order valence-electron chi connectivity index (χ2n) is 6.87. The van der Waals surface area contributed by atoms with Crippen LogP contribution in [0.5, 0.6) is 11.6 Å². The molecule has 0 unspecified atom stereocenters. The van der Waals surface area contributed by atoms with Gasteiger partial charge in [0.1, 0.15) is 5.75 Å². The number of nitrogens with one attached hydrogen (secondary N) is 1. The Hall–Kier alpha value is -3.55. The van der Waals surface area contributed by atoms with Gasteiger partial charge in [0, 0.05) is 30.9 Å². The zero-order valence-corrected chi connectivity index (χ0v) is 16.2. The van der Waals surface area contributed by atoms with Crippen molar-refractivity contribution < 1.29 is 9.53 Å². The third-order valence-corrected chi connectivity index (χ3v) is 4.61. The predicted octanol–water partition coefficient (Wildman–Crippen LogP) is 2.90. The minimum absolute atomic E-state index is 0.202. The van der Waals surface area contributed by atoms with E-state index in [1.165, 1.54) is 0 Å². The fraction of sp³-hybridized carbons (Fsp3) is 0.286. The Kier molecular flexibility index (Phi) is 5.60. The van der Waals surface area contributed by atoms with Crippen molar-refractivity contribution in [2.24, 2.45) is 0 Å². The van der Waals surface area contributed by atoms with E-state index in [1.807, 2.05) is 19.1 Å². The smallest absolute Gasteiger partial charge is 0.251 e. The van der Waals surface area contributed by atoms with Crippen molar-refractivity contribution in [1.29, 1.82) is 0 Å². The molecule has 0 spiro atoms. The summed E-state index contributed by atoms with van der Waals surface area (Å²) in [4.78, 5) is 23.6. The summed E-state index contributed by atoms with van der Waals surface area (Å²) in [6.07, 6.45) is 4.06. The van der Waals surface area contributed by atoms with Gasteiger partial charge in [-0.25, -0.2) is 9.97 Å². The van der Waals surface area contributed by atoms with E-state index in [2.05, 4.69) is 30.4 Å². The van der Waals surface area contributed by atoms with Crippen LogP contribution in [0.15, 0.2) is 48.7 Å². The van der Waals surface area contributed by atoms with E-state index in [-0.39, 0.29) is 5.91 Å². The Balaban J connectivity index is 1.38. The number of nitrogens with zero attached hydrogens (tertiary/aromatic N) is 5. The van der Waals surface area contributed by atoms with Crippen molar-refractivity contribution in [3.05, 3.63) is 65.6 Å². The number of anilines is 1. The third-order valence-electron chi connectivity index (χ3n) is 4.61. The maximum Gasteiger partial charge on any atom is 0.251 e. The maximum atomic E-state index is 12.6. The van der Waals surface area contributed by atoms with Crippen LogP contribution >= 0.6 is 0 Å². The molecule has 1 saturated heterocycles. The fourth-order valence-corrected chi connectivity index (χ4v) is 3.09. The van der Waals surface area contributed by atoms with Crippen molar-refractivity contribution in [1.82, 2.24) is 25.5 Å². The van der Waals surface area contributed by atoms with Crippen LogP contribution in [0.3, 0.4) is 0 Å². The molecule has 3 aromatic rings. The summed E-state index contributed by atoms with van der Waals surface area (Å²) in [5.74, 6) is 1.42. The van der Waals surface area contributed by atoms with Crippen LogP contribution in [0.25, 0.3) is 0 Å². The highest BCUT2D eigenvalue weighted by molar-refractivity contribution is 5.94. The number of benzene rings is 1. The van der Waals surface area contributed by atoms with Gasteiger partial charge in [0.05, 0.1) is 17.9 Å². The van der Waals surface area contributed by atoms with Gasteiger partial charge in [-0.05, 0) is 50.1 Å². The Bertz CT molecular complexity index is 986. The second-order valence-corrected chi connectivity index (χ2v) is 6.87. The van der Waals surface area contributed by atoms with E-state index >= 15 is 0 Å². The van der Waals surface area contributed by atoms with Gasteiger partial charge >= 0.3 is 0 Å². The minimum atomic E-state index is -0.202. The number of aromatic nitrogens is 4. The molecule has 0 bridgehead atoms. The van der Waals surface area contributed by atoms with Crippen molar-refractivity contribution in [3.63, 3.8) is 0 Å². The van der Waals surface area contributed by atoms with Gasteiger partial charge in [-0.2, -0.15) is 5.10 Å². The van der Waals surface area contributed by atoms with Gasteiger partial charge in [-0.3, -0.25) is 4.79 Å². The van der Waals surface area contributed by atoms with Gasteiger partial charge < -0.3 is 15.0 Å². The van der Waals surface area contributed by atoms with E-state index in [9.17, 15) is 4.79 Å². The van der Waals surface area contributed by atoms with E-state index in [4.69, 9.17) is 4.74 Å². The molecule has 1 aliphatic rings. The van der Waals surface area contributed by atoms with Gasteiger partial charge in [0.2, 0.25) is 11.8 Å². The molecule has 0 atom stereocenters. The highest BCUT2D eigenvalue weighted by Gasteiger charge is 2.15. The fourth-order valence-electron chi connectivity index (χ4n) is 3.09. The third kappa shape index (κ3) is 4.84. The number of hydrogen-bond acceptors (Lipinski definition) is 7. The molecule has 1 amide bonds. The van der Waals surface area contributed by atoms with E-state index in [0.717, 1.165) is 43.3 Å². The summed E-state index contributed by atoms with van der Waals surface area (Å²) in [5.41, 5.74) is 2.08. The lowest BCUT2D eigenvalue weighted by Gasteiger charge is -2.15. The molecular formula is C21H22N6O2. The van der Waals surface area contributed by atoms with Crippen LogP contribution in [-0.2, 0) is 6.54 Å². The molecule has 148 valence electrons. The Morgan fingerprint density at radius 2 is 2.00 bits per heavy atom. The lowest BCUT2D eigenvalue weighted by atomic mass is 10.2. The first-order valence-electron chi connectivity index (χ1n) is 9.61. The number of hydrogen-bond donors (Lipinski definition) is 1. The molecule has 1 fully saturated rings. The van der Waals surface area contributed by atoms with Crippen molar-refractivity contribution in [2.75, 3.05) is 18.0 Å². The minimum Gasteiger partial charge on any atom is -0.438 e. The van der Waals surface area contributed by atoms with Crippen LogP contribution in [-0.4, -0.2) is 39.2 Å². The highest BCUT2D eigenvalue weighted by Crippen LogP contribution is 2.20. The highest BCUT2D eigenvalue weighted by atomic mass is 16.5. The van der Waals surface area contributed by atoms with Crippen molar-refractivity contribution >= 4 is 11.9 Å². The van der Waals surface area contributed by atoms with E-state index < -0.39 is 0 Å². The first-order chi connectivity index (χ1) is 14.2. The quantitative estimate of drug-likeness (QED) is 0.692. The number of ether oxygens (including phenoxy) is 1. The molecule has 2 aromatic heterocycles. The Morgan fingerprint density at radius 3 is 2.79 bits per heavy atom. The van der Waals surface area contributed by atoms with Gasteiger partial charge in [-0.1, -0.05) is 6.07 Å². The van der Waals surface area contributed by atoms with Gasteiger partial charge in [0.25, 0.3) is 5.91 Å². The molecule has 1 N–H and O–H groups in total. The molecule has 29 heavy (non-hydrogen) atoms. The zero-order valence-electron chi connectivity index (χ0n) is 16.2. The number of amides is 1. The molecule has 8 heteroatoms. The largest absolute Gasteiger partial charge is 0.438 e. The molecule has 0 radical (unpaired) electrons. The van der Waals surface area contributed by atoms with Crippen molar-refractivity contribution in [2.45, 2.75) is 26.3 Å². The first kappa shape index (κ1) is 18.8. The van der Waals surface area contributed by atoms with Crippen LogP contribution in [0.1, 0.15) is 34.6 Å². The monoisotopic (exact) mass is 390 g/mol. The molecule has 0 aliphatic carbocycles. The SMILES string of the molecule is Cc1ccc(Oc2cccc(C(=O)NCc3ccnc(N4CCCC4)n3)c2)nn1. The molecule has 1 aliphatic heterocycles. The van der Waals surface area contributed by atoms with Crippen LogP contribution < -0.4 is 15.0 Å². The lowest BCUT2D eigenvalue weighted by Crippen LogP contribution is -2.25. The summed E-state index contributed by atoms with van der Waals surface area (Å²) in [6, 6.07) is 12.3. The molecular weight excluding hydrogens is 368 g/mol. The van der Waals surface area contributed by atoms with E-state index in [1.54, 1.807) is 36.5 Å². The number of carbonyl (C=O) groups is 1. The van der Waals surface area contributed by atoms with Crippen LogP contribution in [0.2, 0.25) is 0 Å². The van der Waals surface area contributed by atoms with E-state index in [0.29, 0.717) is 23.7 Å². The lowest BCUT2D eigenvalue weighted by molar-refractivity contribution is 0.0950.